The van der Waals surface area contributed by atoms with Gasteiger partial charge in [-0.1, -0.05) is 36.4 Å². The van der Waals surface area contributed by atoms with Crippen LogP contribution in [-0.2, 0) is 4.74 Å². The number of nitrogens with zero attached hydrogens (tertiary/aromatic N) is 1. The lowest BCUT2D eigenvalue weighted by molar-refractivity contribution is -0.0228. The van der Waals surface area contributed by atoms with Crippen molar-refractivity contribution in [2.45, 2.75) is 6.10 Å². The molecule has 0 aromatic heterocycles. The summed E-state index contributed by atoms with van der Waals surface area (Å²) in [6.07, 6.45) is -0.127. The summed E-state index contributed by atoms with van der Waals surface area (Å²) in [5.74, 6) is -0.549. The van der Waals surface area contributed by atoms with Crippen LogP contribution in [0.2, 0.25) is 0 Å². The number of ether oxygens (including phenoxy) is 1. The van der Waals surface area contributed by atoms with E-state index in [1.54, 1.807) is 17.0 Å². The van der Waals surface area contributed by atoms with Gasteiger partial charge in [0.2, 0.25) is 0 Å². The van der Waals surface area contributed by atoms with Gasteiger partial charge in [0, 0.05) is 12.1 Å². The molecule has 1 atom stereocenters. The summed E-state index contributed by atoms with van der Waals surface area (Å²) in [4.78, 5) is 14.2. The zero-order chi connectivity index (χ0) is 14.7. The molecule has 3 rings (SSSR count). The first-order valence-corrected chi connectivity index (χ1v) is 6.95. The van der Waals surface area contributed by atoms with Crippen LogP contribution in [0, 0.1) is 5.82 Å². The van der Waals surface area contributed by atoms with Crippen LogP contribution >= 0.6 is 0 Å². The predicted molar refractivity (Wildman–Crippen MR) is 77.4 cm³/mol. The molecule has 0 saturated carbocycles. The van der Waals surface area contributed by atoms with E-state index in [4.69, 9.17) is 4.74 Å². The molecule has 108 valence electrons. The fourth-order valence-electron chi connectivity index (χ4n) is 2.51. The normalized spacial score (nSPS) is 18.5. The first-order chi connectivity index (χ1) is 10.2. The summed E-state index contributed by atoms with van der Waals surface area (Å²) in [6, 6.07) is 15.6. The molecule has 1 amide bonds. The van der Waals surface area contributed by atoms with E-state index >= 15 is 0 Å². The Kier molecular flexibility index (Phi) is 3.97. The van der Waals surface area contributed by atoms with Gasteiger partial charge >= 0.3 is 0 Å². The Hall–Kier alpha value is -2.20. The van der Waals surface area contributed by atoms with E-state index in [2.05, 4.69) is 0 Å². The maximum absolute atomic E-state index is 13.2. The third kappa shape index (κ3) is 3.11. The molecule has 2 aromatic carbocycles. The van der Waals surface area contributed by atoms with Gasteiger partial charge in [-0.05, 0) is 23.8 Å². The Bertz CT molecular complexity index is 630. The molecule has 0 N–H and O–H groups in total. The maximum Gasteiger partial charge on any atom is 0.254 e. The topological polar surface area (TPSA) is 29.5 Å². The number of rotatable bonds is 2. The van der Waals surface area contributed by atoms with Crippen molar-refractivity contribution in [3.63, 3.8) is 0 Å². The lowest BCUT2D eigenvalue weighted by atomic mass is 10.1. The van der Waals surface area contributed by atoms with Crippen LogP contribution < -0.4 is 0 Å². The predicted octanol–water partition coefficient (Wildman–Crippen LogP) is 3.04. The van der Waals surface area contributed by atoms with E-state index in [0.717, 1.165) is 5.56 Å². The molecule has 0 bridgehead atoms. The van der Waals surface area contributed by atoms with Gasteiger partial charge in [0.15, 0.2) is 0 Å². The number of halogens is 1. The van der Waals surface area contributed by atoms with E-state index in [-0.39, 0.29) is 12.0 Å². The number of benzene rings is 2. The first-order valence-electron chi connectivity index (χ1n) is 6.95. The molecule has 0 unspecified atom stereocenters. The average molecular weight is 285 g/mol. The van der Waals surface area contributed by atoms with E-state index in [1.807, 2.05) is 30.3 Å². The molecule has 0 radical (unpaired) electrons. The average Bonchev–Trinajstić information content (AvgIpc) is 2.55. The fourth-order valence-corrected chi connectivity index (χ4v) is 2.51. The quantitative estimate of drug-likeness (QED) is 0.849. The third-order valence-corrected chi connectivity index (χ3v) is 3.60. The monoisotopic (exact) mass is 285 g/mol. The number of morpholine rings is 1. The van der Waals surface area contributed by atoms with Gasteiger partial charge in [-0.25, -0.2) is 4.39 Å². The summed E-state index contributed by atoms with van der Waals surface area (Å²) < 4.78 is 19.0. The zero-order valence-corrected chi connectivity index (χ0v) is 11.5. The Labute approximate surface area is 123 Å². The van der Waals surface area contributed by atoms with Crippen LogP contribution in [0.3, 0.4) is 0 Å². The minimum Gasteiger partial charge on any atom is -0.370 e. The number of carbonyl (C=O) groups is 1. The van der Waals surface area contributed by atoms with E-state index in [9.17, 15) is 9.18 Å². The zero-order valence-electron chi connectivity index (χ0n) is 11.5. The van der Waals surface area contributed by atoms with Crippen LogP contribution in [0.5, 0.6) is 0 Å². The molecule has 0 aliphatic carbocycles. The second-order valence-corrected chi connectivity index (χ2v) is 5.03. The smallest absolute Gasteiger partial charge is 0.254 e. The summed E-state index contributed by atoms with van der Waals surface area (Å²) in [5, 5.41) is 0. The summed E-state index contributed by atoms with van der Waals surface area (Å²) in [6.45, 7) is 1.50. The Morgan fingerprint density at radius 2 is 1.95 bits per heavy atom. The Balaban J connectivity index is 1.75. The summed E-state index contributed by atoms with van der Waals surface area (Å²) in [7, 11) is 0. The largest absolute Gasteiger partial charge is 0.370 e. The number of hydrogen-bond donors (Lipinski definition) is 0. The SMILES string of the molecule is O=C(c1cccc(F)c1)N1CCO[C@H](c2ccccc2)C1. The second-order valence-electron chi connectivity index (χ2n) is 5.03. The highest BCUT2D eigenvalue weighted by Crippen LogP contribution is 2.23. The lowest BCUT2D eigenvalue weighted by Crippen LogP contribution is -2.42. The van der Waals surface area contributed by atoms with Gasteiger partial charge < -0.3 is 9.64 Å². The Morgan fingerprint density at radius 3 is 2.71 bits per heavy atom. The van der Waals surface area contributed by atoms with Crippen molar-refractivity contribution < 1.29 is 13.9 Å². The second kappa shape index (κ2) is 6.06. The van der Waals surface area contributed by atoms with Gasteiger partial charge in [-0.2, -0.15) is 0 Å². The highest BCUT2D eigenvalue weighted by Gasteiger charge is 2.26. The minimum absolute atomic E-state index is 0.127. The molecule has 3 nitrogen and oxygen atoms in total. The molecule has 1 saturated heterocycles. The number of amides is 1. The van der Waals surface area contributed by atoms with Crippen LogP contribution in [0.15, 0.2) is 54.6 Å². The standard InChI is InChI=1S/C17H16FNO2/c18-15-8-4-7-14(11-15)17(20)19-9-10-21-16(12-19)13-5-2-1-3-6-13/h1-8,11,16H,9-10,12H2/t16-/m0/s1. The molecule has 4 heteroatoms. The molecule has 0 spiro atoms. The molecule has 1 aliphatic rings. The van der Waals surface area contributed by atoms with Crippen molar-refractivity contribution in [3.8, 4) is 0 Å². The highest BCUT2D eigenvalue weighted by atomic mass is 19.1. The Morgan fingerprint density at radius 1 is 1.14 bits per heavy atom. The van der Waals surface area contributed by atoms with Crippen LogP contribution in [-0.4, -0.2) is 30.5 Å². The molecule has 1 aliphatic heterocycles. The molecule has 1 heterocycles. The lowest BCUT2D eigenvalue weighted by Gasteiger charge is -2.33. The van der Waals surface area contributed by atoms with Crippen molar-refractivity contribution >= 4 is 5.91 Å². The molecule has 21 heavy (non-hydrogen) atoms. The molecular weight excluding hydrogens is 269 g/mol. The third-order valence-electron chi connectivity index (χ3n) is 3.60. The highest BCUT2D eigenvalue weighted by molar-refractivity contribution is 5.94. The van der Waals surface area contributed by atoms with Crippen LogP contribution in [0.25, 0.3) is 0 Å². The van der Waals surface area contributed by atoms with Crippen molar-refractivity contribution in [3.05, 3.63) is 71.5 Å². The van der Waals surface area contributed by atoms with Gasteiger partial charge in [0.25, 0.3) is 5.91 Å². The van der Waals surface area contributed by atoms with Gasteiger partial charge in [0.1, 0.15) is 11.9 Å². The van der Waals surface area contributed by atoms with Crippen molar-refractivity contribution in [1.29, 1.82) is 0 Å². The van der Waals surface area contributed by atoms with Gasteiger partial charge in [-0.15, -0.1) is 0 Å². The van der Waals surface area contributed by atoms with Gasteiger partial charge in [0.05, 0.1) is 13.2 Å². The van der Waals surface area contributed by atoms with E-state index in [1.165, 1.54) is 12.1 Å². The van der Waals surface area contributed by atoms with Crippen LogP contribution in [0.1, 0.15) is 22.0 Å². The molecule has 1 fully saturated rings. The minimum atomic E-state index is -0.395. The molecular formula is C17H16FNO2. The number of carbonyl (C=O) groups excluding carboxylic acids is 1. The number of hydrogen-bond acceptors (Lipinski definition) is 2. The van der Waals surface area contributed by atoms with Crippen molar-refractivity contribution in [2.75, 3.05) is 19.7 Å². The van der Waals surface area contributed by atoms with Crippen molar-refractivity contribution in [1.82, 2.24) is 4.90 Å². The summed E-state index contributed by atoms with van der Waals surface area (Å²) in [5.41, 5.74) is 1.43. The summed E-state index contributed by atoms with van der Waals surface area (Å²) >= 11 is 0. The molecule has 2 aromatic rings. The maximum atomic E-state index is 13.2. The van der Waals surface area contributed by atoms with E-state index < -0.39 is 5.82 Å². The van der Waals surface area contributed by atoms with Crippen LogP contribution in [0.4, 0.5) is 4.39 Å². The fraction of sp³-hybridized carbons (Fsp3) is 0.235. The van der Waals surface area contributed by atoms with Gasteiger partial charge in [-0.3, -0.25) is 4.79 Å². The van der Waals surface area contributed by atoms with E-state index in [0.29, 0.717) is 25.3 Å². The first kappa shape index (κ1) is 13.8. The van der Waals surface area contributed by atoms with Crippen molar-refractivity contribution in [2.24, 2.45) is 0 Å².